The molecule has 1 saturated carbocycles. The highest BCUT2D eigenvalue weighted by molar-refractivity contribution is 5.77. The molecule has 0 N–H and O–H groups in total. The van der Waals surface area contributed by atoms with Crippen molar-refractivity contribution >= 4 is 11.9 Å². The van der Waals surface area contributed by atoms with Gasteiger partial charge in [0, 0.05) is 19.0 Å². The highest BCUT2D eigenvalue weighted by Gasteiger charge is 2.22. The molecule has 22 heavy (non-hydrogen) atoms. The minimum atomic E-state index is -0.212. The van der Waals surface area contributed by atoms with E-state index >= 15 is 0 Å². The van der Waals surface area contributed by atoms with Crippen molar-refractivity contribution in [1.29, 1.82) is 0 Å². The van der Waals surface area contributed by atoms with E-state index in [0.29, 0.717) is 26.0 Å². The summed E-state index contributed by atoms with van der Waals surface area (Å²) in [7, 11) is 0. The number of amides is 1. The number of rotatable bonds is 9. The highest BCUT2D eigenvalue weighted by Crippen LogP contribution is 2.27. The van der Waals surface area contributed by atoms with E-state index in [4.69, 9.17) is 4.74 Å². The molecule has 0 aromatic carbocycles. The number of carbonyl (C=O) groups is 2. The second-order valence-electron chi connectivity index (χ2n) is 6.44. The van der Waals surface area contributed by atoms with E-state index in [1.165, 1.54) is 32.1 Å². The Hall–Kier alpha value is -1.06. The molecule has 0 bridgehead atoms. The van der Waals surface area contributed by atoms with Gasteiger partial charge in [0.2, 0.25) is 5.91 Å². The fourth-order valence-electron chi connectivity index (χ4n) is 3.20. The summed E-state index contributed by atoms with van der Waals surface area (Å²) in [6.45, 7) is 6.83. The Labute approximate surface area is 135 Å². The number of ether oxygens (including phenoxy) is 1. The standard InChI is InChI=1S/C18H33NO3/c1-4-15(3)19(14-13-18(21)22-5-2)17(20)12-11-16-9-7-6-8-10-16/h15-16H,4-14H2,1-3H3. The first kappa shape index (κ1) is 19.0. The number of esters is 1. The summed E-state index contributed by atoms with van der Waals surface area (Å²) in [4.78, 5) is 25.9. The topological polar surface area (TPSA) is 46.6 Å². The number of carbonyl (C=O) groups excluding carboxylic acids is 2. The second-order valence-corrected chi connectivity index (χ2v) is 6.44. The maximum atomic E-state index is 12.5. The zero-order chi connectivity index (χ0) is 16.4. The van der Waals surface area contributed by atoms with Crippen LogP contribution in [0.25, 0.3) is 0 Å². The van der Waals surface area contributed by atoms with Crippen LogP contribution in [0, 0.1) is 5.92 Å². The molecule has 1 fully saturated rings. The first-order valence-corrected chi connectivity index (χ1v) is 9.03. The molecule has 0 aliphatic heterocycles. The van der Waals surface area contributed by atoms with Crippen LogP contribution in [0.1, 0.15) is 78.6 Å². The average Bonchev–Trinajstić information content (AvgIpc) is 2.54. The predicted molar refractivity (Wildman–Crippen MR) is 88.5 cm³/mol. The summed E-state index contributed by atoms with van der Waals surface area (Å²) in [6.07, 6.45) is 9.38. The zero-order valence-electron chi connectivity index (χ0n) is 14.6. The molecule has 1 amide bonds. The van der Waals surface area contributed by atoms with Crippen LogP contribution in [0.4, 0.5) is 0 Å². The van der Waals surface area contributed by atoms with Gasteiger partial charge in [0.25, 0.3) is 0 Å². The summed E-state index contributed by atoms with van der Waals surface area (Å²) >= 11 is 0. The third-order valence-electron chi connectivity index (χ3n) is 4.80. The lowest BCUT2D eigenvalue weighted by molar-refractivity contribution is -0.144. The summed E-state index contributed by atoms with van der Waals surface area (Å²) < 4.78 is 4.96. The lowest BCUT2D eigenvalue weighted by Crippen LogP contribution is -2.40. The van der Waals surface area contributed by atoms with E-state index in [1.54, 1.807) is 6.92 Å². The van der Waals surface area contributed by atoms with Crippen molar-refractivity contribution in [2.24, 2.45) is 5.92 Å². The molecule has 0 radical (unpaired) electrons. The summed E-state index contributed by atoms with van der Waals surface area (Å²) in [5, 5.41) is 0. The van der Waals surface area contributed by atoms with Gasteiger partial charge in [0.1, 0.15) is 0 Å². The lowest BCUT2D eigenvalue weighted by Gasteiger charge is -2.29. The smallest absolute Gasteiger partial charge is 0.307 e. The maximum absolute atomic E-state index is 12.5. The molecule has 0 aromatic rings. The molecular formula is C18H33NO3. The van der Waals surface area contributed by atoms with E-state index in [2.05, 4.69) is 13.8 Å². The van der Waals surface area contributed by atoms with Crippen molar-refractivity contribution in [3.05, 3.63) is 0 Å². The second kappa shape index (κ2) is 10.6. The minimum Gasteiger partial charge on any atom is -0.466 e. The molecular weight excluding hydrogens is 278 g/mol. The van der Waals surface area contributed by atoms with Crippen molar-refractivity contribution in [2.45, 2.75) is 84.6 Å². The van der Waals surface area contributed by atoms with Gasteiger partial charge in [-0.2, -0.15) is 0 Å². The van der Waals surface area contributed by atoms with Crippen LogP contribution < -0.4 is 0 Å². The van der Waals surface area contributed by atoms with Gasteiger partial charge in [0.15, 0.2) is 0 Å². The van der Waals surface area contributed by atoms with E-state index < -0.39 is 0 Å². The Morgan fingerprint density at radius 2 is 1.82 bits per heavy atom. The molecule has 1 atom stereocenters. The highest BCUT2D eigenvalue weighted by atomic mass is 16.5. The Bertz CT molecular complexity index is 337. The molecule has 128 valence electrons. The van der Waals surface area contributed by atoms with Crippen LogP contribution >= 0.6 is 0 Å². The van der Waals surface area contributed by atoms with Crippen molar-refractivity contribution < 1.29 is 14.3 Å². The summed E-state index contributed by atoms with van der Waals surface area (Å²) in [6, 6.07) is 0.188. The maximum Gasteiger partial charge on any atom is 0.307 e. The predicted octanol–water partition coefficient (Wildman–Crippen LogP) is 3.93. The molecule has 1 aliphatic rings. The van der Waals surface area contributed by atoms with Crippen LogP contribution in [-0.2, 0) is 14.3 Å². The van der Waals surface area contributed by atoms with Crippen molar-refractivity contribution in [1.82, 2.24) is 4.90 Å². The van der Waals surface area contributed by atoms with Gasteiger partial charge in [-0.05, 0) is 32.6 Å². The lowest BCUT2D eigenvalue weighted by atomic mass is 9.86. The number of hydrogen-bond donors (Lipinski definition) is 0. The molecule has 1 unspecified atom stereocenters. The molecule has 0 saturated heterocycles. The normalized spacial score (nSPS) is 17.0. The van der Waals surface area contributed by atoms with Gasteiger partial charge in [-0.1, -0.05) is 39.0 Å². The van der Waals surface area contributed by atoms with Crippen LogP contribution in [-0.4, -0.2) is 36.0 Å². The third kappa shape index (κ3) is 6.80. The monoisotopic (exact) mass is 311 g/mol. The van der Waals surface area contributed by atoms with Gasteiger partial charge in [-0.3, -0.25) is 9.59 Å². The molecule has 0 aromatic heterocycles. The average molecular weight is 311 g/mol. The van der Waals surface area contributed by atoms with Crippen LogP contribution in [0.5, 0.6) is 0 Å². The van der Waals surface area contributed by atoms with E-state index in [0.717, 1.165) is 18.8 Å². The first-order chi connectivity index (χ1) is 10.6. The molecule has 1 rings (SSSR count). The van der Waals surface area contributed by atoms with Crippen LogP contribution in [0.2, 0.25) is 0 Å². The van der Waals surface area contributed by atoms with Gasteiger partial charge < -0.3 is 9.64 Å². The van der Waals surface area contributed by atoms with Gasteiger partial charge >= 0.3 is 5.97 Å². The zero-order valence-corrected chi connectivity index (χ0v) is 14.6. The van der Waals surface area contributed by atoms with E-state index in [-0.39, 0.29) is 17.9 Å². The number of hydrogen-bond acceptors (Lipinski definition) is 3. The van der Waals surface area contributed by atoms with Gasteiger partial charge in [0.05, 0.1) is 13.0 Å². The van der Waals surface area contributed by atoms with Gasteiger partial charge in [-0.25, -0.2) is 0 Å². The van der Waals surface area contributed by atoms with Gasteiger partial charge in [-0.15, -0.1) is 0 Å². The fourth-order valence-corrected chi connectivity index (χ4v) is 3.20. The summed E-state index contributed by atoms with van der Waals surface area (Å²) in [5.74, 6) is 0.710. The van der Waals surface area contributed by atoms with E-state index in [1.807, 2.05) is 4.90 Å². The quantitative estimate of drug-likeness (QED) is 0.606. The SMILES string of the molecule is CCOC(=O)CCN(C(=O)CCC1CCCCC1)C(C)CC. The Morgan fingerprint density at radius 3 is 2.41 bits per heavy atom. The number of nitrogens with zero attached hydrogens (tertiary/aromatic N) is 1. The van der Waals surface area contributed by atoms with Crippen LogP contribution in [0.3, 0.4) is 0 Å². The van der Waals surface area contributed by atoms with Crippen molar-refractivity contribution in [3.63, 3.8) is 0 Å². The molecule has 1 aliphatic carbocycles. The largest absolute Gasteiger partial charge is 0.466 e. The Kier molecular flexibility index (Phi) is 9.17. The van der Waals surface area contributed by atoms with E-state index in [9.17, 15) is 9.59 Å². The van der Waals surface area contributed by atoms with Crippen LogP contribution in [0.15, 0.2) is 0 Å². The molecule has 0 spiro atoms. The molecule has 4 heteroatoms. The Balaban J connectivity index is 2.43. The third-order valence-corrected chi connectivity index (χ3v) is 4.80. The van der Waals surface area contributed by atoms with Crippen molar-refractivity contribution in [2.75, 3.05) is 13.2 Å². The summed E-state index contributed by atoms with van der Waals surface area (Å²) in [5.41, 5.74) is 0. The fraction of sp³-hybridized carbons (Fsp3) is 0.889. The minimum absolute atomic E-state index is 0.188. The molecule has 4 nitrogen and oxygen atoms in total. The Morgan fingerprint density at radius 1 is 1.14 bits per heavy atom. The first-order valence-electron chi connectivity index (χ1n) is 9.03. The van der Waals surface area contributed by atoms with Crippen molar-refractivity contribution in [3.8, 4) is 0 Å². The molecule has 0 heterocycles.